The zero-order valence-electron chi connectivity index (χ0n) is 18.9. The standard InChI is InChI=1S/C25H29N3O5S/c29-10-7-22-20(14-24(30)31)13-19-5-6-21(15-23(19)33-22)27-25(32)18-3-1-17(2-4-18)16-26-28-8-11-34-12-9-28/h1-6,15-16,20,22,29H,7-14H2,(H,27,32)(H,30,31). The largest absolute Gasteiger partial charge is 0.490 e. The van der Waals surface area contributed by atoms with Crippen LogP contribution in [-0.4, -0.2) is 70.6 Å². The summed E-state index contributed by atoms with van der Waals surface area (Å²) < 4.78 is 6.01. The zero-order chi connectivity index (χ0) is 23.9. The minimum absolute atomic E-state index is 0.0135. The fourth-order valence-electron chi connectivity index (χ4n) is 4.17. The third-order valence-corrected chi connectivity index (χ3v) is 6.93. The maximum absolute atomic E-state index is 12.7. The maximum atomic E-state index is 12.7. The van der Waals surface area contributed by atoms with Crippen molar-refractivity contribution in [2.24, 2.45) is 11.0 Å². The van der Waals surface area contributed by atoms with E-state index < -0.39 is 5.97 Å². The monoisotopic (exact) mass is 483 g/mol. The molecule has 2 aliphatic heterocycles. The number of thioether (sulfide) groups is 1. The van der Waals surface area contributed by atoms with Crippen molar-refractivity contribution >= 4 is 35.5 Å². The van der Waals surface area contributed by atoms with Gasteiger partial charge in [0.05, 0.1) is 12.6 Å². The fourth-order valence-corrected chi connectivity index (χ4v) is 5.06. The van der Waals surface area contributed by atoms with Crippen molar-refractivity contribution in [2.75, 3.05) is 36.5 Å². The maximum Gasteiger partial charge on any atom is 0.303 e. The van der Waals surface area contributed by atoms with Crippen molar-refractivity contribution in [3.8, 4) is 5.75 Å². The number of carboxylic acid groups (broad SMARTS) is 1. The summed E-state index contributed by atoms with van der Waals surface area (Å²) in [7, 11) is 0. The van der Waals surface area contributed by atoms with Crippen LogP contribution < -0.4 is 10.1 Å². The number of benzene rings is 2. The van der Waals surface area contributed by atoms with E-state index >= 15 is 0 Å². The third-order valence-electron chi connectivity index (χ3n) is 5.99. The highest BCUT2D eigenvalue weighted by Crippen LogP contribution is 2.35. The van der Waals surface area contributed by atoms with Crippen LogP contribution in [0.3, 0.4) is 0 Å². The van der Waals surface area contributed by atoms with E-state index in [-0.39, 0.29) is 31.0 Å². The molecule has 1 amide bonds. The molecule has 1 saturated heterocycles. The number of aliphatic hydroxyl groups excluding tert-OH is 1. The number of carboxylic acids is 1. The van der Waals surface area contributed by atoms with Gasteiger partial charge in [0.1, 0.15) is 11.9 Å². The molecule has 8 nitrogen and oxygen atoms in total. The first kappa shape index (κ1) is 24.1. The lowest BCUT2D eigenvalue weighted by atomic mass is 9.86. The van der Waals surface area contributed by atoms with Gasteiger partial charge in [-0.05, 0) is 35.7 Å². The number of hydrazone groups is 1. The summed E-state index contributed by atoms with van der Waals surface area (Å²) >= 11 is 1.94. The summed E-state index contributed by atoms with van der Waals surface area (Å²) in [4.78, 5) is 23.9. The smallest absolute Gasteiger partial charge is 0.303 e. The molecule has 0 saturated carbocycles. The molecule has 0 spiro atoms. The van der Waals surface area contributed by atoms with E-state index in [1.165, 1.54) is 0 Å². The molecule has 2 aliphatic rings. The van der Waals surface area contributed by atoms with Crippen LogP contribution in [-0.2, 0) is 11.2 Å². The number of fused-ring (bicyclic) bond motifs is 1. The van der Waals surface area contributed by atoms with Crippen molar-refractivity contribution in [3.05, 3.63) is 59.2 Å². The number of carbonyl (C=O) groups excluding carboxylic acids is 1. The SMILES string of the molecule is O=C(O)CC1Cc2ccc(NC(=O)c3ccc(C=NN4CCSCC4)cc3)cc2OC1CCO. The second-order valence-corrected chi connectivity index (χ2v) is 9.66. The number of rotatable bonds is 8. The molecule has 180 valence electrons. The van der Waals surface area contributed by atoms with Gasteiger partial charge < -0.3 is 20.3 Å². The average Bonchev–Trinajstić information content (AvgIpc) is 2.84. The summed E-state index contributed by atoms with van der Waals surface area (Å²) in [6.07, 6.45) is 2.34. The molecule has 0 radical (unpaired) electrons. The summed E-state index contributed by atoms with van der Waals surface area (Å²) in [6.45, 7) is 1.82. The van der Waals surface area contributed by atoms with E-state index in [0.717, 1.165) is 35.7 Å². The Kier molecular flexibility index (Phi) is 8.08. The molecule has 0 aromatic heterocycles. The molecule has 9 heteroatoms. The van der Waals surface area contributed by atoms with Gasteiger partial charge >= 0.3 is 5.97 Å². The summed E-state index contributed by atoms with van der Waals surface area (Å²) in [5.74, 6) is 1.48. The second kappa shape index (κ2) is 11.4. The Morgan fingerprint density at radius 2 is 1.94 bits per heavy atom. The normalized spacial score (nSPS) is 20.0. The van der Waals surface area contributed by atoms with Gasteiger partial charge in [-0.2, -0.15) is 16.9 Å². The van der Waals surface area contributed by atoms with Gasteiger partial charge in [0.2, 0.25) is 0 Å². The molecular formula is C25H29N3O5S. The number of hydrogen-bond donors (Lipinski definition) is 3. The van der Waals surface area contributed by atoms with Crippen LogP contribution in [0.2, 0.25) is 0 Å². The highest BCUT2D eigenvalue weighted by molar-refractivity contribution is 7.99. The minimum atomic E-state index is -0.883. The highest BCUT2D eigenvalue weighted by Gasteiger charge is 2.31. The number of aliphatic carboxylic acids is 1. The molecule has 2 atom stereocenters. The number of anilines is 1. The Bertz CT molecular complexity index is 1040. The summed E-state index contributed by atoms with van der Waals surface area (Å²) in [5, 5.41) is 28.0. The Morgan fingerprint density at radius 1 is 1.18 bits per heavy atom. The third kappa shape index (κ3) is 6.30. The number of ether oxygens (including phenoxy) is 1. The number of carbonyl (C=O) groups is 2. The van der Waals surface area contributed by atoms with Gasteiger partial charge in [-0.25, -0.2) is 0 Å². The van der Waals surface area contributed by atoms with E-state index in [2.05, 4.69) is 15.4 Å². The van der Waals surface area contributed by atoms with Gasteiger partial charge in [-0.3, -0.25) is 14.6 Å². The minimum Gasteiger partial charge on any atom is -0.490 e. The van der Waals surface area contributed by atoms with Crippen LogP contribution in [0.4, 0.5) is 5.69 Å². The van der Waals surface area contributed by atoms with Gasteiger partial charge in [-0.15, -0.1) is 0 Å². The molecule has 2 unspecified atom stereocenters. The fraction of sp³-hybridized carbons (Fsp3) is 0.400. The highest BCUT2D eigenvalue weighted by atomic mass is 32.2. The van der Waals surface area contributed by atoms with Gasteiger partial charge in [0, 0.05) is 60.9 Å². The average molecular weight is 484 g/mol. The van der Waals surface area contributed by atoms with Crippen molar-refractivity contribution < 1.29 is 24.5 Å². The van der Waals surface area contributed by atoms with Crippen molar-refractivity contribution in [3.63, 3.8) is 0 Å². The molecule has 34 heavy (non-hydrogen) atoms. The van der Waals surface area contributed by atoms with Crippen LogP contribution in [0.1, 0.15) is 34.3 Å². The Morgan fingerprint density at radius 3 is 2.65 bits per heavy atom. The first-order valence-electron chi connectivity index (χ1n) is 11.4. The van der Waals surface area contributed by atoms with Crippen LogP contribution in [0.5, 0.6) is 5.75 Å². The Balaban J connectivity index is 1.39. The van der Waals surface area contributed by atoms with E-state index in [4.69, 9.17) is 4.74 Å². The predicted octanol–water partition coefficient (Wildman–Crippen LogP) is 3.10. The van der Waals surface area contributed by atoms with Crippen molar-refractivity contribution in [2.45, 2.75) is 25.4 Å². The molecule has 2 heterocycles. The number of hydrogen-bond acceptors (Lipinski definition) is 7. The van der Waals surface area contributed by atoms with Crippen molar-refractivity contribution in [1.29, 1.82) is 0 Å². The van der Waals surface area contributed by atoms with Crippen LogP contribution in [0, 0.1) is 5.92 Å². The van der Waals surface area contributed by atoms with Gasteiger partial charge in [0.25, 0.3) is 5.91 Å². The van der Waals surface area contributed by atoms with Crippen LogP contribution in [0.25, 0.3) is 0 Å². The van der Waals surface area contributed by atoms with Gasteiger partial charge in [-0.1, -0.05) is 18.2 Å². The van der Waals surface area contributed by atoms with E-state index in [1.54, 1.807) is 24.3 Å². The lowest BCUT2D eigenvalue weighted by molar-refractivity contribution is -0.139. The van der Waals surface area contributed by atoms with Crippen LogP contribution in [0.15, 0.2) is 47.6 Å². The lowest BCUT2D eigenvalue weighted by Gasteiger charge is -2.33. The molecule has 4 rings (SSSR count). The van der Waals surface area contributed by atoms with E-state index in [0.29, 0.717) is 29.8 Å². The number of nitrogens with one attached hydrogen (secondary N) is 1. The van der Waals surface area contributed by atoms with Gasteiger partial charge in [0.15, 0.2) is 0 Å². The van der Waals surface area contributed by atoms with E-state index in [9.17, 15) is 19.8 Å². The first-order chi connectivity index (χ1) is 16.5. The lowest BCUT2D eigenvalue weighted by Crippen LogP contribution is -2.35. The van der Waals surface area contributed by atoms with Crippen molar-refractivity contribution in [1.82, 2.24) is 5.01 Å². The predicted molar refractivity (Wildman–Crippen MR) is 133 cm³/mol. The quantitative estimate of drug-likeness (QED) is 0.495. The number of nitrogens with zero attached hydrogens (tertiary/aromatic N) is 2. The zero-order valence-corrected chi connectivity index (χ0v) is 19.7. The Hall–Kier alpha value is -3.04. The first-order valence-corrected chi connectivity index (χ1v) is 12.6. The van der Waals surface area contributed by atoms with E-state index in [1.807, 2.05) is 36.2 Å². The summed E-state index contributed by atoms with van der Waals surface area (Å²) in [6, 6.07) is 12.7. The molecule has 2 aromatic rings. The molecule has 1 fully saturated rings. The molecule has 0 aliphatic carbocycles. The molecule has 2 aromatic carbocycles. The summed E-state index contributed by atoms with van der Waals surface area (Å²) in [5.41, 5.74) is 2.96. The number of amides is 1. The molecular weight excluding hydrogens is 454 g/mol. The molecule has 3 N–H and O–H groups in total. The molecule has 0 bridgehead atoms. The van der Waals surface area contributed by atoms with Crippen LogP contribution >= 0.6 is 11.8 Å². The second-order valence-electron chi connectivity index (χ2n) is 8.44. The number of aliphatic hydroxyl groups is 1. The Labute approximate surface area is 203 Å². The topological polar surface area (TPSA) is 111 Å².